The fourth-order valence-corrected chi connectivity index (χ4v) is 1.58. The molecule has 0 aliphatic rings. The van der Waals surface area contributed by atoms with Crippen LogP contribution >= 0.6 is 24.0 Å². The number of rotatable bonds is 8. The zero-order valence-electron chi connectivity index (χ0n) is 12.8. The number of hydrogen-bond acceptors (Lipinski definition) is 4. The van der Waals surface area contributed by atoms with Crippen LogP contribution < -0.4 is 21.1 Å². The number of nitrogens with zero attached hydrogens (tertiary/aromatic N) is 1. The first kappa shape index (κ1) is 20.5. The summed E-state index contributed by atoms with van der Waals surface area (Å²) in [7, 11) is 3.35. The maximum absolute atomic E-state index is 10.7. The van der Waals surface area contributed by atoms with Crippen molar-refractivity contribution in [3.63, 3.8) is 0 Å². The van der Waals surface area contributed by atoms with Crippen molar-refractivity contribution in [2.75, 3.05) is 33.9 Å². The highest BCUT2D eigenvalue weighted by atomic mass is 127. The molecule has 1 rings (SSSR count). The Balaban J connectivity index is 0.00000441. The van der Waals surface area contributed by atoms with Gasteiger partial charge in [-0.2, -0.15) is 0 Å². The van der Waals surface area contributed by atoms with Crippen LogP contribution in [0.3, 0.4) is 0 Å². The van der Waals surface area contributed by atoms with E-state index in [4.69, 9.17) is 15.2 Å². The number of guanidine groups is 1. The van der Waals surface area contributed by atoms with E-state index < -0.39 is 5.91 Å². The quantitative estimate of drug-likeness (QED) is 0.245. The van der Waals surface area contributed by atoms with Crippen molar-refractivity contribution < 1.29 is 14.3 Å². The van der Waals surface area contributed by atoms with E-state index in [9.17, 15) is 4.79 Å². The normalized spacial score (nSPS) is 10.5. The number of carbonyl (C=O) groups is 1. The predicted octanol–water partition coefficient (Wildman–Crippen LogP) is 0.480. The van der Waals surface area contributed by atoms with Gasteiger partial charge in [0.25, 0.3) is 5.91 Å². The topological polar surface area (TPSA) is 98.0 Å². The van der Waals surface area contributed by atoms with Gasteiger partial charge in [0.15, 0.2) is 12.6 Å². The van der Waals surface area contributed by atoms with E-state index in [0.717, 1.165) is 5.56 Å². The van der Waals surface area contributed by atoms with Gasteiger partial charge in [-0.1, -0.05) is 12.1 Å². The molecular weight excluding hydrogens is 399 g/mol. The summed E-state index contributed by atoms with van der Waals surface area (Å²) < 4.78 is 10.2. The van der Waals surface area contributed by atoms with Crippen molar-refractivity contribution in [1.82, 2.24) is 10.6 Å². The summed E-state index contributed by atoms with van der Waals surface area (Å²) in [5, 5.41) is 6.29. The smallest absolute Gasteiger partial charge is 0.255 e. The highest BCUT2D eigenvalue weighted by Crippen LogP contribution is 2.12. The molecule has 7 nitrogen and oxygen atoms in total. The number of amides is 1. The molecule has 0 radical (unpaired) electrons. The third-order valence-electron chi connectivity index (χ3n) is 2.56. The molecule has 0 unspecified atom stereocenters. The largest absolute Gasteiger partial charge is 0.484 e. The Labute approximate surface area is 147 Å². The fraction of sp³-hybridized carbons (Fsp3) is 0.429. The minimum absolute atomic E-state index is 0. The first-order chi connectivity index (χ1) is 10.2. The Bertz CT molecular complexity index is 483. The number of hydrogen-bond donors (Lipinski definition) is 3. The Kier molecular flexibility index (Phi) is 11.2. The van der Waals surface area contributed by atoms with Gasteiger partial charge in [-0.05, 0) is 17.7 Å². The summed E-state index contributed by atoms with van der Waals surface area (Å²) in [5.74, 6) is 0.798. The Morgan fingerprint density at radius 1 is 1.36 bits per heavy atom. The summed E-state index contributed by atoms with van der Waals surface area (Å²) >= 11 is 0. The van der Waals surface area contributed by atoms with Crippen LogP contribution in [0, 0.1) is 0 Å². The number of nitrogens with one attached hydrogen (secondary N) is 2. The number of benzene rings is 1. The van der Waals surface area contributed by atoms with Crippen molar-refractivity contribution in [3.05, 3.63) is 29.8 Å². The third-order valence-corrected chi connectivity index (χ3v) is 2.56. The van der Waals surface area contributed by atoms with E-state index in [1.807, 2.05) is 18.2 Å². The van der Waals surface area contributed by atoms with Gasteiger partial charge < -0.3 is 25.8 Å². The Morgan fingerprint density at radius 3 is 2.77 bits per heavy atom. The van der Waals surface area contributed by atoms with Crippen LogP contribution in [-0.2, 0) is 16.1 Å². The summed E-state index contributed by atoms with van der Waals surface area (Å²) in [5.41, 5.74) is 6.05. The predicted molar refractivity (Wildman–Crippen MR) is 96.6 cm³/mol. The molecule has 0 heterocycles. The van der Waals surface area contributed by atoms with Gasteiger partial charge in [0.05, 0.1) is 6.61 Å². The second-order valence-electron chi connectivity index (χ2n) is 4.25. The molecule has 8 heteroatoms. The zero-order valence-corrected chi connectivity index (χ0v) is 15.1. The molecule has 4 N–H and O–H groups in total. The highest BCUT2D eigenvalue weighted by Gasteiger charge is 2.01. The average molecular weight is 422 g/mol. The average Bonchev–Trinajstić information content (AvgIpc) is 2.49. The van der Waals surface area contributed by atoms with Gasteiger partial charge in [0.1, 0.15) is 5.75 Å². The number of halogens is 1. The summed E-state index contributed by atoms with van der Waals surface area (Å²) in [6, 6.07) is 7.43. The van der Waals surface area contributed by atoms with Crippen LogP contribution in [0.5, 0.6) is 5.75 Å². The molecule has 0 fully saturated rings. The first-order valence-electron chi connectivity index (χ1n) is 6.59. The molecule has 0 saturated heterocycles. The Morgan fingerprint density at radius 2 is 2.14 bits per heavy atom. The molecule has 0 aliphatic heterocycles. The van der Waals surface area contributed by atoms with Crippen LogP contribution in [0.15, 0.2) is 29.3 Å². The van der Waals surface area contributed by atoms with Crippen molar-refractivity contribution in [2.45, 2.75) is 6.54 Å². The van der Waals surface area contributed by atoms with Crippen LogP contribution in [0.4, 0.5) is 0 Å². The fourth-order valence-electron chi connectivity index (χ4n) is 1.58. The molecule has 0 saturated carbocycles. The SMILES string of the molecule is CN=C(NCCOC)NCc1cccc(OCC(N)=O)c1.I. The maximum atomic E-state index is 10.7. The van der Waals surface area contributed by atoms with E-state index >= 15 is 0 Å². The molecule has 0 spiro atoms. The minimum Gasteiger partial charge on any atom is -0.484 e. The van der Waals surface area contributed by atoms with Crippen LogP contribution in [0.1, 0.15) is 5.56 Å². The number of aliphatic imine (C=N–C) groups is 1. The minimum atomic E-state index is -0.499. The lowest BCUT2D eigenvalue weighted by molar-refractivity contribution is -0.119. The van der Waals surface area contributed by atoms with E-state index in [1.165, 1.54) is 0 Å². The molecule has 0 atom stereocenters. The van der Waals surface area contributed by atoms with Gasteiger partial charge in [0, 0.05) is 27.2 Å². The summed E-state index contributed by atoms with van der Waals surface area (Å²) in [6.07, 6.45) is 0. The van der Waals surface area contributed by atoms with E-state index in [0.29, 0.717) is 31.4 Å². The number of ether oxygens (including phenoxy) is 2. The van der Waals surface area contributed by atoms with Gasteiger partial charge in [0.2, 0.25) is 0 Å². The van der Waals surface area contributed by atoms with Crippen molar-refractivity contribution in [2.24, 2.45) is 10.7 Å². The standard InChI is InChI=1S/C14H22N4O3.HI/c1-16-14(17-6-7-20-2)18-9-11-4-3-5-12(8-11)21-10-13(15)19;/h3-5,8H,6-7,9-10H2,1-2H3,(H2,15,19)(H2,16,17,18);1H. The van der Waals surface area contributed by atoms with Gasteiger partial charge >= 0.3 is 0 Å². The van der Waals surface area contributed by atoms with E-state index in [2.05, 4.69) is 15.6 Å². The third kappa shape index (κ3) is 8.67. The number of methoxy groups -OCH3 is 1. The second kappa shape index (κ2) is 12.0. The van der Waals surface area contributed by atoms with Gasteiger partial charge in [-0.15, -0.1) is 24.0 Å². The number of nitrogens with two attached hydrogens (primary N) is 1. The molecule has 0 aliphatic carbocycles. The van der Waals surface area contributed by atoms with Crippen LogP contribution in [-0.4, -0.2) is 45.8 Å². The molecule has 22 heavy (non-hydrogen) atoms. The lowest BCUT2D eigenvalue weighted by atomic mass is 10.2. The molecular formula is C14H23IN4O3. The lowest BCUT2D eigenvalue weighted by Gasteiger charge is -2.12. The van der Waals surface area contributed by atoms with Crippen LogP contribution in [0.2, 0.25) is 0 Å². The molecule has 0 aromatic heterocycles. The maximum Gasteiger partial charge on any atom is 0.255 e. The number of primary amides is 1. The molecule has 0 bridgehead atoms. The summed E-state index contributed by atoms with van der Waals surface area (Å²) in [6.45, 7) is 1.74. The lowest BCUT2D eigenvalue weighted by Crippen LogP contribution is -2.38. The Hall–Kier alpha value is -1.55. The van der Waals surface area contributed by atoms with E-state index in [1.54, 1.807) is 20.2 Å². The van der Waals surface area contributed by atoms with Gasteiger partial charge in [-0.3, -0.25) is 9.79 Å². The first-order valence-corrected chi connectivity index (χ1v) is 6.59. The molecule has 124 valence electrons. The van der Waals surface area contributed by atoms with Crippen LogP contribution in [0.25, 0.3) is 0 Å². The molecule has 1 aromatic rings. The van der Waals surface area contributed by atoms with Gasteiger partial charge in [-0.25, -0.2) is 0 Å². The van der Waals surface area contributed by atoms with E-state index in [-0.39, 0.29) is 30.6 Å². The second-order valence-corrected chi connectivity index (χ2v) is 4.25. The molecule has 1 amide bonds. The highest BCUT2D eigenvalue weighted by molar-refractivity contribution is 14.0. The summed E-state index contributed by atoms with van der Waals surface area (Å²) in [4.78, 5) is 14.8. The molecule has 1 aromatic carbocycles. The van der Waals surface area contributed by atoms with Crippen molar-refractivity contribution in [3.8, 4) is 5.75 Å². The van der Waals surface area contributed by atoms with Crippen molar-refractivity contribution in [1.29, 1.82) is 0 Å². The monoisotopic (exact) mass is 422 g/mol. The van der Waals surface area contributed by atoms with Crippen molar-refractivity contribution >= 4 is 35.8 Å². The number of carbonyl (C=O) groups excluding carboxylic acids is 1. The zero-order chi connectivity index (χ0) is 15.5.